The van der Waals surface area contributed by atoms with Crippen LogP contribution in [0, 0.1) is 0 Å². The van der Waals surface area contributed by atoms with Gasteiger partial charge in [0.15, 0.2) is 0 Å². The summed E-state index contributed by atoms with van der Waals surface area (Å²) in [6, 6.07) is 7.23. The Kier molecular flexibility index (Phi) is 3.88. The molecular weight excluding hydrogens is 176 g/mol. The van der Waals surface area contributed by atoms with Crippen molar-refractivity contribution in [1.29, 1.82) is 0 Å². The molecule has 0 aromatic heterocycles. The number of carbonyl (C=O) groups is 1. The molecule has 3 nitrogen and oxygen atoms in total. The Labute approximate surface area is 83.4 Å². The first-order chi connectivity index (χ1) is 6.75. The van der Waals surface area contributed by atoms with Gasteiger partial charge in [0.1, 0.15) is 0 Å². The smallest absolute Gasteiger partial charge is 0.249 e. The number of rotatable bonds is 4. The van der Waals surface area contributed by atoms with Gasteiger partial charge in [-0.1, -0.05) is 30.4 Å². The second-order valence-electron chi connectivity index (χ2n) is 2.93. The predicted octanol–water partition coefficient (Wildman–Crippen LogP) is 1.15. The average Bonchev–Trinajstić information content (AvgIpc) is 2.19. The zero-order chi connectivity index (χ0) is 10.4. The Morgan fingerprint density at radius 2 is 2.07 bits per heavy atom. The first kappa shape index (κ1) is 10.5. The summed E-state index contributed by atoms with van der Waals surface area (Å²) in [5.74, 6) is -0.405. The molecule has 1 aromatic carbocycles. The molecule has 0 atom stereocenters. The van der Waals surface area contributed by atoms with Crippen molar-refractivity contribution in [2.24, 2.45) is 11.5 Å². The van der Waals surface area contributed by atoms with Crippen molar-refractivity contribution in [1.82, 2.24) is 0 Å². The van der Waals surface area contributed by atoms with Crippen LogP contribution >= 0.6 is 0 Å². The maximum atomic E-state index is 11.0. The molecule has 0 saturated carbocycles. The van der Waals surface area contributed by atoms with Crippen LogP contribution in [0.4, 0.5) is 0 Å². The van der Waals surface area contributed by atoms with Crippen LogP contribution in [-0.4, -0.2) is 12.5 Å². The van der Waals surface area contributed by atoms with Crippen LogP contribution in [0.25, 0.3) is 6.08 Å². The lowest BCUT2D eigenvalue weighted by molar-refractivity contribution is 0.1000. The molecule has 14 heavy (non-hydrogen) atoms. The Morgan fingerprint density at radius 1 is 1.36 bits per heavy atom. The number of benzene rings is 1. The molecule has 0 aliphatic carbocycles. The first-order valence-electron chi connectivity index (χ1n) is 4.51. The van der Waals surface area contributed by atoms with Crippen LogP contribution in [0.2, 0.25) is 0 Å². The van der Waals surface area contributed by atoms with Gasteiger partial charge in [-0.2, -0.15) is 0 Å². The average molecular weight is 190 g/mol. The highest BCUT2D eigenvalue weighted by Gasteiger charge is 2.02. The molecule has 0 fully saturated rings. The standard InChI is InChI=1S/C11H14N2O/c12-8-4-3-6-9-5-1-2-7-10(9)11(13)14/h1-3,5-7H,4,8,12H2,(H2,13,14). The van der Waals surface area contributed by atoms with Crippen molar-refractivity contribution in [3.8, 4) is 0 Å². The molecule has 4 N–H and O–H groups in total. The number of hydrogen-bond donors (Lipinski definition) is 2. The van der Waals surface area contributed by atoms with Gasteiger partial charge >= 0.3 is 0 Å². The SMILES string of the molecule is NCCC=Cc1ccccc1C(N)=O. The van der Waals surface area contributed by atoms with Crippen LogP contribution in [0.5, 0.6) is 0 Å². The zero-order valence-electron chi connectivity index (χ0n) is 7.94. The van der Waals surface area contributed by atoms with Crippen molar-refractivity contribution in [2.45, 2.75) is 6.42 Å². The van der Waals surface area contributed by atoms with Crippen LogP contribution in [0.15, 0.2) is 30.3 Å². The molecule has 74 valence electrons. The van der Waals surface area contributed by atoms with E-state index in [1.807, 2.05) is 24.3 Å². The topological polar surface area (TPSA) is 69.1 Å². The molecule has 0 unspecified atom stereocenters. The van der Waals surface area contributed by atoms with Gasteiger partial charge in [-0.25, -0.2) is 0 Å². The molecule has 0 aliphatic rings. The summed E-state index contributed by atoms with van der Waals surface area (Å²) in [6.07, 6.45) is 4.60. The van der Waals surface area contributed by atoms with E-state index in [4.69, 9.17) is 11.5 Å². The van der Waals surface area contributed by atoms with E-state index in [9.17, 15) is 4.79 Å². The number of hydrogen-bond acceptors (Lipinski definition) is 2. The monoisotopic (exact) mass is 190 g/mol. The highest BCUT2D eigenvalue weighted by molar-refractivity contribution is 5.96. The molecular formula is C11H14N2O. The van der Waals surface area contributed by atoms with Gasteiger partial charge < -0.3 is 11.5 Å². The van der Waals surface area contributed by atoms with Gasteiger partial charge in [0.2, 0.25) is 5.91 Å². The van der Waals surface area contributed by atoms with E-state index in [0.717, 1.165) is 12.0 Å². The number of nitrogens with two attached hydrogens (primary N) is 2. The minimum absolute atomic E-state index is 0.405. The van der Waals surface area contributed by atoms with E-state index >= 15 is 0 Å². The zero-order valence-corrected chi connectivity index (χ0v) is 7.94. The molecule has 1 amide bonds. The molecule has 0 bridgehead atoms. The van der Waals surface area contributed by atoms with Crippen LogP contribution in [-0.2, 0) is 0 Å². The molecule has 0 heterocycles. The van der Waals surface area contributed by atoms with Crippen molar-refractivity contribution >= 4 is 12.0 Å². The quantitative estimate of drug-likeness (QED) is 0.747. The van der Waals surface area contributed by atoms with Gasteiger partial charge in [-0.3, -0.25) is 4.79 Å². The molecule has 0 spiro atoms. The highest BCUT2D eigenvalue weighted by atomic mass is 16.1. The summed E-state index contributed by atoms with van der Waals surface area (Å²) < 4.78 is 0. The predicted molar refractivity (Wildman–Crippen MR) is 57.7 cm³/mol. The fourth-order valence-corrected chi connectivity index (χ4v) is 1.17. The largest absolute Gasteiger partial charge is 0.366 e. The third-order valence-electron chi connectivity index (χ3n) is 1.86. The molecule has 0 aliphatic heterocycles. The summed E-state index contributed by atoms with van der Waals surface area (Å²) in [5.41, 5.74) is 12.0. The van der Waals surface area contributed by atoms with Crippen molar-refractivity contribution in [3.05, 3.63) is 41.5 Å². The summed E-state index contributed by atoms with van der Waals surface area (Å²) in [5, 5.41) is 0. The minimum Gasteiger partial charge on any atom is -0.366 e. The first-order valence-corrected chi connectivity index (χ1v) is 4.51. The van der Waals surface area contributed by atoms with Crippen LogP contribution < -0.4 is 11.5 Å². The van der Waals surface area contributed by atoms with Crippen molar-refractivity contribution in [2.75, 3.05) is 6.54 Å². The summed E-state index contributed by atoms with van der Waals surface area (Å²) in [7, 11) is 0. The van der Waals surface area contributed by atoms with Crippen LogP contribution in [0.1, 0.15) is 22.3 Å². The molecule has 3 heteroatoms. The fraction of sp³-hybridized carbons (Fsp3) is 0.182. The normalized spacial score (nSPS) is 10.6. The molecule has 1 rings (SSSR count). The third-order valence-corrected chi connectivity index (χ3v) is 1.86. The van der Waals surface area contributed by atoms with Gasteiger partial charge in [0.25, 0.3) is 0 Å². The maximum absolute atomic E-state index is 11.0. The Hall–Kier alpha value is -1.61. The number of carbonyl (C=O) groups excluding carboxylic acids is 1. The van der Waals surface area contributed by atoms with E-state index in [1.165, 1.54) is 0 Å². The van der Waals surface area contributed by atoms with Gasteiger partial charge in [0.05, 0.1) is 0 Å². The van der Waals surface area contributed by atoms with E-state index in [0.29, 0.717) is 12.1 Å². The van der Waals surface area contributed by atoms with Crippen molar-refractivity contribution < 1.29 is 4.79 Å². The van der Waals surface area contributed by atoms with Gasteiger partial charge in [-0.15, -0.1) is 0 Å². The summed E-state index contributed by atoms with van der Waals surface area (Å²) in [6.45, 7) is 0.606. The third kappa shape index (κ3) is 2.71. The van der Waals surface area contributed by atoms with E-state index < -0.39 is 5.91 Å². The lowest BCUT2D eigenvalue weighted by atomic mass is 10.1. The van der Waals surface area contributed by atoms with E-state index in [2.05, 4.69) is 0 Å². The molecule has 1 aromatic rings. The minimum atomic E-state index is -0.405. The molecule has 0 saturated heterocycles. The maximum Gasteiger partial charge on any atom is 0.249 e. The highest BCUT2D eigenvalue weighted by Crippen LogP contribution is 2.09. The Balaban J connectivity index is 2.90. The Morgan fingerprint density at radius 3 is 2.71 bits per heavy atom. The lowest BCUT2D eigenvalue weighted by Gasteiger charge is -2.00. The fourth-order valence-electron chi connectivity index (χ4n) is 1.17. The molecule has 0 radical (unpaired) electrons. The second-order valence-corrected chi connectivity index (χ2v) is 2.93. The van der Waals surface area contributed by atoms with Gasteiger partial charge in [-0.05, 0) is 24.6 Å². The van der Waals surface area contributed by atoms with Crippen LogP contribution in [0.3, 0.4) is 0 Å². The number of amides is 1. The van der Waals surface area contributed by atoms with E-state index in [1.54, 1.807) is 12.1 Å². The summed E-state index contributed by atoms with van der Waals surface area (Å²) in [4.78, 5) is 11.0. The van der Waals surface area contributed by atoms with E-state index in [-0.39, 0.29) is 0 Å². The summed E-state index contributed by atoms with van der Waals surface area (Å²) >= 11 is 0. The van der Waals surface area contributed by atoms with Crippen molar-refractivity contribution in [3.63, 3.8) is 0 Å². The Bertz CT molecular complexity index is 345. The van der Waals surface area contributed by atoms with Gasteiger partial charge in [0, 0.05) is 5.56 Å². The number of primary amides is 1. The second kappa shape index (κ2) is 5.19. The lowest BCUT2D eigenvalue weighted by Crippen LogP contribution is -2.12.